The molecule has 1 aliphatic heterocycles. The highest BCUT2D eigenvalue weighted by Crippen LogP contribution is 2.47. The van der Waals surface area contributed by atoms with Crippen LogP contribution in [0, 0.1) is 15.6 Å². The first kappa shape index (κ1) is 21.6. The molecule has 1 saturated heterocycles. The Morgan fingerprint density at radius 3 is 2.38 bits per heavy atom. The van der Waals surface area contributed by atoms with Crippen molar-refractivity contribution in [1.29, 1.82) is 10.2 Å². The number of nitrogen functional groups attached to an aromatic ring is 1. The molecule has 1 unspecified atom stereocenters. The molecule has 3 rings (SSSR count). The Morgan fingerprint density at radius 2 is 1.90 bits per heavy atom. The molecule has 1 saturated carbocycles. The third-order valence-electron chi connectivity index (χ3n) is 6.25. The predicted octanol–water partition coefficient (Wildman–Crippen LogP) is 0.808. The van der Waals surface area contributed by atoms with Gasteiger partial charge in [0, 0.05) is 31.9 Å². The molecule has 29 heavy (non-hydrogen) atoms. The fraction of sp³-hybridized carbons (Fsp3) is 0.722. The second kappa shape index (κ2) is 7.60. The number of nitrogens with two attached hydrogens (primary N) is 1. The van der Waals surface area contributed by atoms with Crippen LogP contribution in [-0.2, 0) is 16.5 Å². The molecule has 1 aromatic heterocycles. The molecule has 1 atom stereocenters. The summed E-state index contributed by atoms with van der Waals surface area (Å²) >= 11 is 0. The quantitative estimate of drug-likeness (QED) is 0.391. The second-order valence-corrected chi connectivity index (χ2v) is 10.5. The highest BCUT2D eigenvalue weighted by molar-refractivity contribution is 7.89. The van der Waals surface area contributed by atoms with E-state index >= 15 is 0 Å². The zero-order chi connectivity index (χ0) is 21.6. The van der Waals surface area contributed by atoms with Crippen LogP contribution in [0.15, 0.2) is 9.59 Å². The van der Waals surface area contributed by atoms with E-state index < -0.39 is 32.9 Å². The molecule has 1 spiro atoms. The molecule has 0 aromatic carbocycles. The smallest absolute Gasteiger partial charge is 0.334 e. The van der Waals surface area contributed by atoms with Crippen molar-refractivity contribution >= 4 is 15.8 Å². The Balaban J connectivity index is 1.90. The van der Waals surface area contributed by atoms with E-state index in [9.17, 15) is 18.9 Å². The molecule has 2 heterocycles. The van der Waals surface area contributed by atoms with Crippen LogP contribution in [0.3, 0.4) is 0 Å². The van der Waals surface area contributed by atoms with Gasteiger partial charge in [0.25, 0.3) is 5.56 Å². The van der Waals surface area contributed by atoms with Crippen LogP contribution in [0.1, 0.15) is 57.1 Å². The Kier molecular flexibility index (Phi) is 5.65. The monoisotopic (exact) mass is 426 g/mol. The van der Waals surface area contributed by atoms with Crippen LogP contribution in [0.5, 0.6) is 5.88 Å². The van der Waals surface area contributed by atoms with Gasteiger partial charge in [-0.15, -0.1) is 0 Å². The van der Waals surface area contributed by atoms with Gasteiger partial charge in [-0.3, -0.25) is 19.3 Å². The van der Waals surface area contributed by atoms with E-state index in [1.165, 1.54) is 6.26 Å². The van der Waals surface area contributed by atoms with E-state index in [4.69, 9.17) is 15.9 Å². The highest BCUT2D eigenvalue weighted by Gasteiger charge is 2.48. The molecular weight excluding hydrogens is 396 g/mol. The molecule has 0 radical (unpaired) electrons. The van der Waals surface area contributed by atoms with Gasteiger partial charge in [-0.05, 0) is 37.5 Å². The summed E-state index contributed by atoms with van der Waals surface area (Å²) in [5.74, 6) is -1.09. The molecule has 1 aromatic rings. The van der Waals surface area contributed by atoms with Crippen molar-refractivity contribution in [2.75, 3.05) is 19.3 Å². The molecule has 10 nitrogen and oxygen atoms in total. The van der Waals surface area contributed by atoms with Gasteiger partial charge in [-0.2, -0.15) is 0 Å². The van der Waals surface area contributed by atoms with Crippen molar-refractivity contribution in [3.8, 4) is 5.88 Å². The maximum atomic E-state index is 13.0. The summed E-state index contributed by atoms with van der Waals surface area (Å²) in [6, 6.07) is -0.330. The van der Waals surface area contributed by atoms with Crippen molar-refractivity contribution in [1.82, 2.24) is 13.4 Å². The first-order valence-electron chi connectivity index (χ1n) is 9.92. The van der Waals surface area contributed by atoms with E-state index in [2.05, 4.69) is 0 Å². The normalized spacial score (nSPS) is 21.6. The fourth-order valence-corrected chi connectivity index (χ4v) is 5.51. The third kappa shape index (κ3) is 3.85. The summed E-state index contributed by atoms with van der Waals surface area (Å²) in [6.45, 7) is 3.41. The maximum absolute atomic E-state index is 13.0. The summed E-state index contributed by atoms with van der Waals surface area (Å²) < 4.78 is 23.5. The number of aromatic hydroxyl groups is 1. The van der Waals surface area contributed by atoms with Crippen LogP contribution in [0.4, 0.5) is 0 Å². The lowest BCUT2D eigenvalue weighted by atomic mass is 9.68. The lowest BCUT2D eigenvalue weighted by Crippen LogP contribution is -2.59. The average Bonchev–Trinajstić information content (AvgIpc) is 2.59. The number of unbranched alkanes of at least 4 members (excludes halogenated alkanes) is 1. The number of nitrogens with one attached hydrogen (secondary N) is 2. The van der Waals surface area contributed by atoms with Gasteiger partial charge in [0.15, 0.2) is 0 Å². The standard InChI is InChI=1S/C18H30N6O4S/c1-3-4-9-23-15(25)13(14(19)20)16(26)24(17(23)27)12-5-7-18(8-6-12)10-22(11-18)29(2,21)28/h12,21,25H,3-11H2,1-2H3,(H3,19,20). The average molecular weight is 427 g/mol. The molecule has 1 aliphatic carbocycles. The number of nitrogens with zero attached hydrogens (tertiary/aromatic N) is 3. The topological polar surface area (TPSA) is 158 Å². The number of hydrogen-bond donors (Lipinski definition) is 4. The van der Waals surface area contributed by atoms with Crippen LogP contribution < -0.4 is 17.0 Å². The fourth-order valence-electron chi connectivity index (χ4n) is 4.47. The van der Waals surface area contributed by atoms with E-state index in [0.717, 1.165) is 28.4 Å². The molecule has 162 valence electrons. The number of amidine groups is 1. The zero-order valence-corrected chi connectivity index (χ0v) is 17.8. The minimum absolute atomic E-state index is 0.0125. The zero-order valence-electron chi connectivity index (χ0n) is 16.9. The van der Waals surface area contributed by atoms with Gasteiger partial charge < -0.3 is 10.8 Å². The van der Waals surface area contributed by atoms with Crippen molar-refractivity contribution in [2.24, 2.45) is 11.1 Å². The van der Waals surface area contributed by atoms with E-state index in [-0.39, 0.29) is 23.6 Å². The van der Waals surface area contributed by atoms with Crippen molar-refractivity contribution < 1.29 is 9.32 Å². The molecule has 0 bridgehead atoms. The Hall–Kier alpha value is -2.14. The first-order chi connectivity index (χ1) is 13.5. The van der Waals surface area contributed by atoms with Crippen LogP contribution in [-0.4, -0.2) is 47.9 Å². The number of rotatable bonds is 6. The number of aromatic nitrogens is 2. The molecule has 0 amide bonds. The summed E-state index contributed by atoms with van der Waals surface area (Å²) in [4.78, 5) is 25.9. The van der Waals surface area contributed by atoms with Gasteiger partial charge in [0.05, 0.1) is 0 Å². The lowest BCUT2D eigenvalue weighted by molar-refractivity contribution is 0.0183. The van der Waals surface area contributed by atoms with E-state index in [1.807, 2.05) is 6.92 Å². The Bertz CT molecular complexity index is 1030. The predicted molar refractivity (Wildman–Crippen MR) is 111 cm³/mol. The van der Waals surface area contributed by atoms with Crippen molar-refractivity contribution in [3.63, 3.8) is 0 Å². The molecule has 5 N–H and O–H groups in total. The summed E-state index contributed by atoms with van der Waals surface area (Å²) in [6.07, 6.45) is 5.60. The largest absolute Gasteiger partial charge is 0.494 e. The van der Waals surface area contributed by atoms with Gasteiger partial charge >= 0.3 is 5.69 Å². The molecule has 11 heteroatoms. The summed E-state index contributed by atoms with van der Waals surface area (Å²) in [5.41, 5.74) is 3.92. The summed E-state index contributed by atoms with van der Waals surface area (Å²) in [7, 11) is -2.70. The minimum atomic E-state index is -2.70. The lowest BCUT2D eigenvalue weighted by Gasteiger charge is -2.53. The Morgan fingerprint density at radius 1 is 1.31 bits per heavy atom. The van der Waals surface area contributed by atoms with Gasteiger partial charge in [-0.25, -0.2) is 18.1 Å². The van der Waals surface area contributed by atoms with Gasteiger partial charge in [0.1, 0.15) is 21.3 Å². The molecule has 2 fully saturated rings. The van der Waals surface area contributed by atoms with Gasteiger partial charge in [-0.1, -0.05) is 13.3 Å². The van der Waals surface area contributed by atoms with Crippen molar-refractivity contribution in [2.45, 2.75) is 58.0 Å². The SMILES string of the molecule is CCCCn1c(O)c(C(=N)N)c(=O)n(C2CCC3(CC2)CN(S(C)(=N)=O)C3)c1=O. The third-order valence-corrected chi connectivity index (χ3v) is 7.49. The Labute approximate surface area is 169 Å². The molecule has 2 aliphatic rings. The van der Waals surface area contributed by atoms with Crippen LogP contribution >= 0.6 is 0 Å². The van der Waals surface area contributed by atoms with Gasteiger partial charge in [0.2, 0.25) is 5.88 Å². The molecular formula is C18H30N6O4S. The maximum Gasteiger partial charge on any atom is 0.334 e. The minimum Gasteiger partial charge on any atom is -0.494 e. The van der Waals surface area contributed by atoms with E-state index in [1.54, 1.807) is 4.31 Å². The number of hydrogen-bond acceptors (Lipinski definition) is 6. The van der Waals surface area contributed by atoms with E-state index in [0.29, 0.717) is 32.4 Å². The van der Waals surface area contributed by atoms with Crippen molar-refractivity contribution in [3.05, 3.63) is 26.4 Å². The second-order valence-electron chi connectivity index (χ2n) is 8.41. The summed E-state index contributed by atoms with van der Waals surface area (Å²) in [5, 5.41) is 18.1. The first-order valence-corrected chi connectivity index (χ1v) is 11.8. The van der Waals surface area contributed by atoms with Crippen LogP contribution in [0.2, 0.25) is 0 Å². The van der Waals surface area contributed by atoms with Crippen LogP contribution in [0.25, 0.3) is 0 Å². The highest BCUT2D eigenvalue weighted by atomic mass is 32.2.